The SMILES string of the molecule is CC1(C)CN(C(=O)c2cn(-c3ccc4c(c3)CN(C3CCC(=O)NC3=O)C4=O)nn2)c2cccnc21. The Morgan fingerprint density at radius 2 is 2.00 bits per heavy atom. The number of fused-ring (bicyclic) bond motifs is 2. The average molecular weight is 486 g/mol. The molecule has 0 bridgehead atoms. The first-order valence-corrected chi connectivity index (χ1v) is 11.7. The van der Waals surface area contributed by atoms with Gasteiger partial charge in [-0.2, -0.15) is 0 Å². The van der Waals surface area contributed by atoms with Gasteiger partial charge in [0.05, 0.1) is 23.3 Å². The fourth-order valence-electron chi connectivity index (χ4n) is 5.20. The third-order valence-electron chi connectivity index (χ3n) is 7.00. The van der Waals surface area contributed by atoms with Crippen molar-refractivity contribution in [1.82, 2.24) is 30.2 Å². The Hall–Kier alpha value is -4.41. The molecule has 3 aliphatic heterocycles. The lowest BCUT2D eigenvalue weighted by atomic mass is 9.91. The number of rotatable bonds is 3. The number of hydrogen-bond acceptors (Lipinski definition) is 7. The van der Waals surface area contributed by atoms with Crippen LogP contribution in [0.4, 0.5) is 5.69 Å². The second kappa shape index (κ2) is 7.80. The van der Waals surface area contributed by atoms with Crippen molar-refractivity contribution < 1.29 is 19.2 Å². The Bertz CT molecular complexity index is 1460. The van der Waals surface area contributed by atoms with Crippen LogP contribution in [-0.2, 0) is 21.5 Å². The Morgan fingerprint density at radius 3 is 2.81 bits per heavy atom. The maximum absolute atomic E-state index is 13.3. The lowest BCUT2D eigenvalue weighted by Gasteiger charge is -2.29. The number of imide groups is 1. The van der Waals surface area contributed by atoms with E-state index in [-0.39, 0.29) is 41.8 Å². The third-order valence-corrected chi connectivity index (χ3v) is 7.00. The molecule has 182 valence electrons. The summed E-state index contributed by atoms with van der Waals surface area (Å²) in [6.07, 6.45) is 3.80. The molecule has 5 heterocycles. The first-order valence-electron chi connectivity index (χ1n) is 11.7. The molecule has 0 spiro atoms. The number of amides is 4. The highest BCUT2D eigenvalue weighted by molar-refractivity contribution is 6.06. The molecular formula is C25H23N7O4. The zero-order chi connectivity index (χ0) is 25.2. The van der Waals surface area contributed by atoms with Crippen LogP contribution in [0, 0.1) is 0 Å². The molecule has 1 fully saturated rings. The van der Waals surface area contributed by atoms with E-state index in [1.54, 1.807) is 41.6 Å². The standard InChI is InChI=1S/C25H23N7O4/c1-25(2)13-31(18-4-3-9-26-21(18)25)24(36)17-12-32(29-28-17)15-5-6-16-14(10-15)11-30(23(16)35)19-7-8-20(33)27-22(19)34/h3-6,9-10,12,19H,7-8,11,13H2,1-2H3,(H,27,33,34). The van der Waals surface area contributed by atoms with Gasteiger partial charge in [0.15, 0.2) is 5.69 Å². The van der Waals surface area contributed by atoms with E-state index in [1.165, 1.54) is 9.58 Å². The first kappa shape index (κ1) is 22.1. The smallest absolute Gasteiger partial charge is 0.280 e. The van der Waals surface area contributed by atoms with E-state index in [1.807, 2.05) is 19.9 Å². The van der Waals surface area contributed by atoms with Crippen LogP contribution in [0.15, 0.2) is 42.7 Å². The van der Waals surface area contributed by atoms with E-state index in [2.05, 4.69) is 20.6 Å². The summed E-state index contributed by atoms with van der Waals surface area (Å²) in [6.45, 7) is 4.84. The number of anilines is 1. The number of hydrogen-bond donors (Lipinski definition) is 1. The largest absolute Gasteiger partial charge is 0.322 e. The van der Waals surface area contributed by atoms with E-state index < -0.39 is 11.9 Å². The van der Waals surface area contributed by atoms with Gasteiger partial charge in [0.1, 0.15) is 6.04 Å². The zero-order valence-corrected chi connectivity index (χ0v) is 19.8. The summed E-state index contributed by atoms with van der Waals surface area (Å²) >= 11 is 0. The number of nitrogens with zero attached hydrogens (tertiary/aromatic N) is 6. The molecule has 0 radical (unpaired) electrons. The van der Waals surface area contributed by atoms with Gasteiger partial charge in [0, 0.05) is 36.7 Å². The molecule has 0 aliphatic carbocycles. The fraction of sp³-hybridized carbons (Fsp3) is 0.320. The lowest BCUT2D eigenvalue weighted by molar-refractivity contribution is -0.136. The van der Waals surface area contributed by atoms with Gasteiger partial charge in [-0.1, -0.05) is 19.1 Å². The molecule has 11 nitrogen and oxygen atoms in total. The van der Waals surface area contributed by atoms with E-state index in [0.29, 0.717) is 24.2 Å². The van der Waals surface area contributed by atoms with Crippen LogP contribution >= 0.6 is 0 Å². The van der Waals surface area contributed by atoms with Gasteiger partial charge in [0.2, 0.25) is 11.8 Å². The molecule has 4 amide bonds. The molecule has 3 aromatic rings. The molecule has 1 unspecified atom stereocenters. The van der Waals surface area contributed by atoms with Crippen LogP contribution in [0.25, 0.3) is 5.69 Å². The molecule has 1 atom stereocenters. The monoisotopic (exact) mass is 485 g/mol. The maximum Gasteiger partial charge on any atom is 0.280 e. The summed E-state index contributed by atoms with van der Waals surface area (Å²) < 4.78 is 1.50. The van der Waals surface area contributed by atoms with Crippen LogP contribution in [-0.4, -0.2) is 61.1 Å². The molecule has 36 heavy (non-hydrogen) atoms. The normalized spacial score (nSPS) is 20.4. The van der Waals surface area contributed by atoms with Crippen molar-refractivity contribution >= 4 is 29.3 Å². The molecule has 1 aromatic carbocycles. The van der Waals surface area contributed by atoms with Crippen LogP contribution in [0.5, 0.6) is 0 Å². The molecule has 1 saturated heterocycles. The number of carbonyl (C=O) groups excluding carboxylic acids is 4. The Balaban J connectivity index is 1.24. The zero-order valence-electron chi connectivity index (χ0n) is 19.8. The molecule has 1 N–H and O–H groups in total. The van der Waals surface area contributed by atoms with Crippen LogP contribution < -0.4 is 10.2 Å². The van der Waals surface area contributed by atoms with Gasteiger partial charge in [-0.3, -0.25) is 29.5 Å². The minimum Gasteiger partial charge on any atom is -0.322 e. The van der Waals surface area contributed by atoms with Crippen molar-refractivity contribution in [3.63, 3.8) is 0 Å². The van der Waals surface area contributed by atoms with Crippen molar-refractivity contribution in [3.8, 4) is 5.69 Å². The van der Waals surface area contributed by atoms with Crippen molar-refractivity contribution in [2.24, 2.45) is 0 Å². The molecule has 11 heteroatoms. The number of aromatic nitrogens is 4. The maximum atomic E-state index is 13.3. The Kier molecular flexibility index (Phi) is 4.79. The van der Waals surface area contributed by atoms with Gasteiger partial charge < -0.3 is 9.80 Å². The first-order chi connectivity index (χ1) is 17.2. The highest BCUT2D eigenvalue weighted by Crippen LogP contribution is 2.39. The predicted molar refractivity (Wildman–Crippen MR) is 126 cm³/mol. The molecule has 3 aliphatic rings. The van der Waals surface area contributed by atoms with Gasteiger partial charge in [-0.25, -0.2) is 4.68 Å². The quantitative estimate of drug-likeness (QED) is 0.555. The van der Waals surface area contributed by atoms with Crippen molar-refractivity contribution in [3.05, 3.63) is 65.2 Å². The summed E-state index contributed by atoms with van der Waals surface area (Å²) in [6, 6.07) is 8.23. The van der Waals surface area contributed by atoms with Crippen LogP contribution in [0.1, 0.15) is 58.8 Å². The Morgan fingerprint density at radius 1 is 1.17 bits per heavy atom. The van der Waals surface area contributed by atoms with Crippen molar-refractivity contribution in [2.75, 3.05) is 11.4 Å². The van der Waals surface area contributed by atoms with E-state index in [0.717, 1.165) is 16.9 Å². The fourth-order valence-corrected chi connectivity index (χ4v) is 5.20. The van der Waals surface area contributed by atoms with Crippen molar-refractivity contribution in [1.29, 1.82) is 0 Å². The van der Waals surface area contributed by atoms with Gasteiger partial charge >= 0.3 is 0 Å². The van der Waals surface area contributed by atoms with Gasteiger partial charge in [-0.05, 0) is 42.3 Å². The topological polar surface area (TPSA) is 130 Å². The minimum atomic E-state index is -0.677. The average Bonchev–Trinajstić information content (AvgIpc) is 3.54. The van der Waals surface area contributed by atoms with Gasteiger partial charge in [0.25, 0.3) is 11.8 Å². The second-order valence-corrected chi connectivity index (χ2v) is 9.94. The van der Waals surface area contributed by atoms with Crippen LogP contribution in [0.2, 0.25) is 0 Å². The minimum absolute atomic E-state index is 0.198. The summed E-state index contributed by atoms with van der Waals surface area (Å²) in [5.41, 5.74) is 3.45. The van der Waals surface area contributed by atoms with E-state index >= 15 is 0 Å². The second-order valence-electron chi connectivity index (χ2n) is 9.94. The highest BCUT2D eigenvalue weighted by atomic mass is 16.2. The summed E-state index contributed by atoms with van der Waals surface area (Å²) in [7, 11) is 0. The molecule has 6 rings (SSSR count). The number of benzene rings is 1. The van der Waals surface area contributed by atoms with Crippen LogP contribution in [0.3, 0.4) is 0 Å². The lowest BCUT2D eigenvalue weighted by Crippen LogP contribution is -2.52. The summed E-state index contributed by atoms with van der Waals surface area (Å²) in [5, 5.41) is 10.6. The van der Waals surface area contributed by atoms with Gasteiger partial charge in [-0.15, -0.1) is 5.10 Å². The molecule has 0 saturated carbocycles. The number of pyridine rings is 1. The number of piperidine rings is 1. The highest BCUT2D eigenvalue weighted by Gasteiger charge is 2.41. The Labute approximate surface area is 206 Å². The van der Waals surface area contributed by atoms with Crippen molar-refractivity contribution in [2.45, 2.75) is 44.7 Å². The molecular weight excluding hydrogens is 462 g/mol. The number of nitrogens with one attached hydrogen (secondary N) is 1. The third kappa shape index (κ3) is 3.38. The van der Waals surface area contributed by atoms with E-state index in [4.69, 9.17) is 0 Å². The summed E-state index contributed by atoms with van der Waals surface area (Å²) in [4.78, 5) is 57.7. The predicted octanol–water partition coefficient (Wildman–Crippen LogP) is 1.36. The number of carbonyl (C=O) groups is 4. The molecule has 2 aromatic heterocycles. The summed E-state index contributed by atoms with van der Waals surface area (Å²) in [5.74, 6) is -1.28. The van der Waals surface area contributed by atoms with E-state index in [9.17, 15) is 19.2 Å².